The highest BCUT2D eigenvalue weighted by Gasteiger charge is 2.15. The van der Waals surface area contributed by atoms with E-state index in [-0.39, 0.29) is 12.2 Å². The van der Waals surface area contributed by atoms with Crippen LogP contribution in [0.1, 0.15) is 19.4 Å². The van der Waals surface area contributed by atoms with Gasteiger partial charge in [-0.05, 0) is 44.0 Å². The lowest BCUT2D eigenvalue weighted by atomic mass is 10.2. The molecular weight excluding hydrogens is 408 g/mol. The number of benzene rings is 2. The highest BCUT2D eigenvalue weighted by atomic mass is 35.5. The molecule has 0 bridgehead atoms. The summed E-state index contributed by atoms with van der Waals surface area (Å²) in [5.41, 5.74) is 0.704. The molecule has 5 nitrogen and oxygen atoms in total. The van der Waals surface area contributed by atoms with Gasteiger partial charge in [-0.2, -0.15) is 0 Å². The molecule has 0 unspecified atom stereocenters. The second-order valence-electron chi connectivity index (χ2n) is 7.21. The molecule has 0 atom stereocenters. The monoisotopic (exact) mass is 430 g/mol. The molecule has 7 heteroatoms. The molecule has 0 amide bonds. The van der Waals surface area contributed by atoms with E-state index in [0.717, 1.165) is 12.2 Å². The second kappa shape index (κ2) is 9.48. The van der Waals surface area contributed by atoms with Crippen molar-refractivity contribution in [3.8, 4) is 11.4 Å². The number of hydrogen-bond acceptors (Lipinski definition) is 5. The molecule has 0 spiro atoms. The summed E-state index contributed by atoms with van der Waals surface area (Å²) in [5.74, 6) is 1.22. The van der Waals surface area contributed by atoms with Crippen molar-refractivity contribution in [1.82, 2.24) is 9.55 Å². The second-order valence-corrected chi connectivity index (χ2v) is 8.70. The van der Waals surface area contributed by atoms with Gasteiger partial charge >= 0.3 is 0 Å². The van der Waals surface area contributed by atoms with E-state index in [2.05, 4.69) is 17.1 Å². The predicted octanol–water partition coefficient (Wildman–Crippen LogP) is 4.37. The van der Waals surface area contributed by atoms with Crippen LogP contribution < -0.4 is 10.3 Å². The lowest BCUT2D eigenvalue weighted by Crippen LogP contribution is -2.28. The smallest absolute Gasteiger partial charge is 0.287 e. The van der Waals surface area contributed by atoms with Crippen molar-refractivity contribution in [1.29, 1.82) is 0 Å². The molecule has 0 saturated heterocycles. The van der Waals surface area contributed by atoms with Crippen LogP contribution in [0.2, 0.25) is 5.02 Å². The molecule has 0 aliphatic heterocycles. The zero-order chi connectivity index (χ0) is 20.9. The number of thioether (sulfide) groups is 1. The average Bonchev–Trinajstić information content (AvgIpc) is 2.68. The van der Waals surface area contributed by atoms with E-state index in [1.165, 1.54) is 21.9 Å². The molecule has 3 rings (SSSR count). The number of rotatable bonds is 8. The van der Waals surface area contributed by atoms with Gasteiger partial charge in [0, 0.05) is 18.1 Å². The fourth-order valence-corrected chi connectivity index (χ4v) is 3.73. The first kappa shape index (κ1) is 21.4. The maximum absolute atomic E-state index is 12.8. The van der Waals surface area contributed by atoms with Crippen LogP contribution in [0.4, 0.5) is 0 Å². The van der Waals surface area contributed by atoms with E-state index in [4.69, 9.17) is 16.3 Å². The molecule has 1 heterocycles. The zero-order valence-corrected chi connectivity index (χ0v) is 17.9. The van der Waals surface area contributed by atoms with Gasteiger partial charge in [-0.25, -0.2) is 4.98 Å². The number of aryl methyl sites for hydroxylation is 1. The summed E-state index contributed by atoms with van der Waals surface area (Å²) in [7, 11) is 0. The van der Waals surface area contributed by atoms with Crippen LogP contribution in [0.15, 0.2) is 70.7 Å². The van der Waals surface area contributed by atoms with Crippen LogP contribution >= 0.6 is 23.4 Å². The van der Waals surface area contributed by atoms with Crippen molar-refractivity contribution in [2.45, 2.75) is 30.9 Å². The van der Waals surface area contributed by atoms with Crippen molar-refractivity contribution in [3.05, 3.63) is 81.9 Å². The van der Waals surface area contributed by atoms with E-state index in [9.17, 15) is 9.90 Å². The zero-order valence-electron chi connectivity index (χ0n) is 16.3. The van der Waals surface area contributed by atoms with Crippen LogP contribution in [0.5, 0.6) is 5.75 Å². The highest BCUT2D eigenvalue weighted by molar-refractivity contribution is 7.99. The van der Waals surface area contributed by atoms with Crippen molar-refractivity contribution in [2.75, 3.05) is 12.4 Å². The number of aliphatic hydroxyl groups is 1. The number of halogens is 1. The molecule has 0 radical (unpaired) electrons. The maximum Gasteiger partial charge on any atom is 0.287 e. The Bertz CT molecular complexity index is 1020. The van der Waals surface area contributed by atoms with Gasteiger partial charge in [0.2, 0.25) is 0 Å². The standard InChI is InChI=1S/C22H23ClN2O3S/c1-22(2,27)15-28-19-9-8-17(14-18(19)23)25-12-11-24-20(21(25)26)29-13-10-16-6-4-3-5-7-16/h3-9,11-12,14,27H,10,13,15H2,1-2H3. The molecule has 0 fully saturated rings. The first-order chi connectivity index (χ1) is 13.8. The van der Waals surface area contributed by atoms with Gasteiger partial charge in [0.25, 0.3) is 5.56 Å². The van der Waals surface area contributed by atoms with E-state index in [1.807, 2.05) is 18.2 Å². The summed E-state index contributed by atoms with van der Waals surface area (Å²) in [5, 5.41) is 10.6. The first-order valence-corrected chi connectivity index (χ1v) is 10.6. The first-order valence-electron chi connectivity index (χ1n) is 9.23. The van der Waals surface area contributed by atoms with E-state index in [1.54, 1.807) is 44.4 Å². The molecule has 29 heavy (non-hydrogen) atoms. The minimum atomic E-state index is -0.962. The predicted molar refractivity (Wildman–Crippen MR) is 118 cm³/mol. The Balaban J connectivity index is 1.73. The van der Waals surface area contributed by atoms with Gasteiger partial charge < -0.3 is 9.84 Å². The fourth-order valence-electron chi connectivity index (χ4n) is 2.62. The molecular formula is C22H23ClN2O3S. The lowest BCUT2D eigenvalue weighted by Gasteiger charge is -2.18. The molecule has 1 aromatic heterocycles. The van der Waals surface area contributed by atoms with Gasteiger partial charge in [-0.1, -0.05) is 41.9 Å². The summed E-state index contributed by atoms with van der Waals surface area (Å²) >= 11 is 7.75. The van der Waals surface area contributed by atoms with Crippen LogP contribution in [-0.2, 0) is 6.42 Å². The van der Waals surface area contributed by atoms with E-state index >= 15 is 0 Å². The third-order valence-electron chi connectivity index (χ3n) is 4.06. The van der Waals surface area contributed by atoms with Crippen LogP contribution in [0.3, 0.4) is 0 Å². The third kappa shape index (κ3) is 6.10. The molecule has 3 aromatic rings. The summed E-state index contributed by atoms with van der Waals surface area (Å²) in [6.07, 6.45) is 4.09. The Morgan fingerprint density at radius 1 is 1.21 bits per heavy atom. The molecule has 0 saturated carbocycles. The van der Waals surface area contributed by atoms with Gasteiger partial charge in [-0.3, -0.25) is 9.36 Å². The Kier molecular flexibility index (Phi) is 7.00. The summed E-state index contributed by atoms with van der Waals surface area (Å²) < 4.78 is 7.07. The van der Waals surface area contributed by atoms with Gasteiger partial charge in [0.15, 0.2) is 5.03 Å². The van der Waals surface area contributed by atoms with Gasteiger partial charge in [0.1, 0.15) is 12.4 Å². The van der Waals surface area contributed by atoms with Crippen LogP contribution in [0.25, 0.3) is 5.69 Å². The van der Waals surface area contributed by atoms with Crippen molar-refractivity contribution >= 4 is 23.4 Å². The molecule has 0 aliphatic rings. The Hall–Kier alpha value is -2.28. The quantitative estimate of drug-likeness (QED) is 0.537. The van der Waals surface area contributed by atoms with Crippen LogP contribution in [-0.4, -0.2) is 32.6 Å². The van der Waals surface area contributed by atoms with Gasteiger partial charge in [-0.15, -0.1) is 11.8 Å². The fraction of sp³-hybridized carbons (Fsp3) is 0.273. The minimum absolute atomic E-state index is 0.115. The normalized spacial score (nSPS) is 11.4. The van der Waals surface area contributed by atoms with E-state index in [0.29, 0.717) is 21.5 Å². The number of hydrogen-bond donors (Lipinski definition) is 1. The van der Waals surface area contributed by atoms with Crippen molar-refractivity contribution < 1.29 is 9.84 Å². The van der Waals surface area contributed by atoms with Crippen molar-refractivity contribution in [3.63, 3.8) is 0 Å². The Morgan fingerprint density at radius 3 is 2.66 bits per heavy atom. The van der Waals surface area contributed by atoms with E-state index < -0.39 is 5.60 Å². The average molecular weight is 431 g/mol. The molecule has 152 valence electrons. The number of ether oxygens (including phenoxy) is 1. The SMILES string of the molecule is CC(C)(O)COc1ccc(-n2ccnc(SCCc3ccccc3)c2=O)cc1Cl. The summed E-state index contributed by atoms with van der Waals surface area (Å²) in [6.45, 7) is 3.43. The number of nitrogens with zero attached hydrogens (tertiary/aromatic N) is 2. The molecule has 0 aliphatic carbocycles. The topological polar surface area (TPSA) is 64.3 Å². The minimum Gasteiger partial charge on any atom is -0.489 e. The lowest BCUT2D eigenvalue weighted by molar-refractivity contribution is 0.0285. The number of aromatic nitrogens is 2. The summed E-state index contributed by atoms with van der Waals surface area (Å²) in [6, 6.07) is 15.3. The molecule has 1 N–H and O–H groups in total. The Labute approximate surface area is 179 Å². The third-order valence-corrected chi connectivity index (χ3v) is 5.31. The highest BCUT2D eigenvalue weighted by Crippen LogP contribution is 2.27. The van der Waals surface area contributed by atoms with Crippen LogP contribution in [0, 0.1) is 0 Å². The Morgan fingerprint density at radius 2 is 1.97 bits per heavy atom. The summed E-state index contributed by atoms with van der Waals surface area (Å²) in [4.78, 5) is 17.1. The van der Waals surface area contributed by atoms with Gasteiger partial charge in [0.05, 0.1) is 16.3 Å². The molecule has 2 aromatic carbocycles. The van der Waals surface area contributed by atoms with Crippen molar-refractivity contribution in [2.24, 2.45) is 0 Å². The maximum atomic E-state index is 12.8. The largest absolute Gasteiger partial charge is 0.489 e.